The summed E-state index contributed by atoms with van der Waals surface area (Å²) in [5.74, 6) is -2.57. The van der Waals surface area contributed by atoms with Gasteiger partial charge in [-0.3, -0.25) is 0 Å². The van der Waals surface area contributed by atoms with Gasteiger partial charge in [0.05, 0.1) is 0 Å². The molecule has 0 amide bonds. The zero-order valence-corrected chi connectivity index (χ0v) is 9.65. The molecule has 0 atom stereocenters. The summed E-state index contributed by atoms with van der Waals surface area (Å²) in [6.45, 7) is 1.77. The van der Waals surface area contributed by atoms with Crippen molar-refractivity contribution in [3.8, 4) is 0 Å². The highest BCUT2D eigenvalue weighted by Gasteiger charge is 2.27. The Bertz CT molecular complexity index is 280. The summed E-state index contributed by atoms with van der Waals surface area (Å²) in [7, 11) is 0. The lowest BCUT2D eigenvalue weighted by atomic mass is 10.0. The number of alkyl halides is 2. The van der Waals surface area contributed by atoms with Gasteiger partial charge in [-0.25, -0.2) is 8.78 Å². The summed E-state index contributed by atoms with van der Waals surface area (Å²) in [5, 5.41) is 0. The second kappa shape index (κ2) is 4.87. The van der Waals surface area contributed by atoms with Crippen molar-refractivity contribution in [3.05, 3.63) is 34.3 Å². The fourth-order valence-electron chi connectivity index (χ4n) is 1.36. The molecule has 14 heavy (non-hydrogen) atoms. The fraction of sp³-hybridized carbons (Fsp3) is 0.455. The first-order valence-electron chi connectivity index (χ1n) is 4.66. The maximum atomic E-state index is 13.2. The Kier molecular flexibility index (Phi) is 4.05. The first-order chi connectivity index (χ1) is 6.53. The Balaban J connectivity index is 2.64. The van der Waals surface area contributed by atoms with Crippen molar-refractivity contribution in [3.63, 3.8) is 0 Å². The molecule has 0 fully saturated rings. The Morgan fingerprint density at radius 3 is 2.29 bits per heavy atom. The standard InChI is InChI=1S/C11H13BrF2/c1-2-7-11(13,14)8-9-3-5-10(12)6-4-9/h3-6H,2,7-8H2,1H3. The van der Waals surface area contributed by atoms with E-state index in [1.807, 2.05) is 0 Å². The van der Waals surface area contributed by atoms with Crippen molar-refractivity contribution in [2.24, 2.45) is 0 Å². The SMILES string of the molecule is CCCC(F)(F)Cc1ccc(Br)cc1. The molecule has 3 heteroatoms. The van der Waals surface area contributed by atoms with E-state index in [1.165, 1.54) is 0 Å². The van der Waals surface area contributed by atoms with Gasteiger partial charge in [-0.1, -0.05) is 41.4 Å². The molecule has 0 nitrogen and oxygen atoms in total. The van der Waals surface area contributed by atoms with Gasteiger partial charge in [0.25, 0.3) is 5.92 Å². The molecule has 0 saturated carbocycles. The van der Waals surface area contributed by atoms with Crippen LogP contribution in [0.4, 0.5) is 8.78 Å². The second-order valence-corrected chi connectivity index (χ2v) is 4.32. The van der Waals surface area contributed by atoms with Crippen LogP contribution in [0.5, 0.6) is 0 Å². The van der Waals surface area contributed by atoms with E-state index < -0.39 is 5.92 Å². The van der Waals surface area contributed by atoms with Crippen molar-refractivity contribution < 1.29 is 8.78 Å². The largest absolute Gasteiger partial charge is 0.252 e. The third kappa shape index (κ3) is 3.74. The Hall–Kier alpha value is -0.440. The molecule has 0 radical (unpaired) electrons. The number of hydrogen-bond acceptors (Lipinski definition) is 0. The summed E-state index contributed by atoms with van der Waals surface area (Å²) in [6, 6.07) is 7.04. The average molecular weight is 263 g/mol. The minimum Gasteiger partial charge on any atom is -0.207 e. The van der Waals surface area contributed by atoms with Crippen LogP contribution in [0, 0.1) is 0 Å². The van der Waals surface area contributed by atoms with Gasteiger partial charge in [0, 0.05) is 17.3 Å². The van der Waals surface area contributed by atoms with Gasteiger partial charge in [-0.2, -0.15) is 0 Å². The number of halogens is 3. The highest BCUT2D eigenvalue weighted by molar-refractivity contribution is 9.10. The maximum absolute atomic E-state index is 13.2. The van der Waals surface area contributed by atoms with Crippen molar-refractivity contribution in [1.82, 2.24) is 0 Å². The molecular formula is C11H13BrF2. The zero-order chi connectivity index (χ0) is 10.6. The number of rotatable bonds is 4. The molecule has 1 aromatic rings. The van der Waals surface area contributed by atoms with E-state index in [0.29, 0.717) is 12.0 Å². The molecule has 0 aliphatic heterocycles. The molecule has 0 aliphatic rings. The topological polar surface area (TPSA) is 0 Å². The molecule has 0 unspecified atom stereocenters. The predicted octanol–water partition coefficient (Wildman–Crippen LogP) is 4.43. The van der Waals surface area contributed by atoms with Crippen LogP contribution in [0.3, 0.4) is 0 Å². The Morgan fingerprint density at radius 1 is 1.21 bits per heavy atom. The van der Waals surface area contributed by atoms with E-state index >= 15 is 0 Å². The van der Waals surface area contributed by atoms with E-state index in [1.54, 1.807) is 31.2 Å². The summed E-state index contributed by atoms with van der Waals surface area (Å²) in [5.41, 5.74) is 0.687. The lowest BCUT2D eigenvalue weighted by molar-refractivity contribution is -0.00772. The minimum absolute atomic E-state index is 0.0386. The smallest absolute Gasteiger partial charge is 0.207 e. The van der Waals surface area contributed by atoms with E-state index in [0.717, 1.165) is 4.47 Å². The zero-order valence-electron chi connectivity index (χ0n) is 8.06. The van der Waals surface area contributed by atoms with Crippen LogP contribution < -0.4 is 0 Å². The van der Waals surface area contributed by atoms with Crippen LogP contribution in [-0.4, -0.2) is 5.92 Å². The quantitative estimate of drug-likeness (QED) is 0.753. The molecule has 0 N–H and O–H groups in total. The molecule has 0 heterocycles. The minimum atomic E-state index is -2.57. The molecule has 1 rings (SSSR count). The molecule has 0 spiro atoms. The highest BCUT2D eigenvalue weighted by Crippen LogP contribution is 2.25. The fourth-order valence-corrected chi connectivity index (χ4v) is 1.62. The van der Waals surface area contributed by atoms with Gasteiger partial charge >= 0.3 is 0 Å². The summed E-state index contributed by atoms with van der Waals surface area (Å²) >= 11 is 3.27. The van der Waals surface area contributed by atoms with Gasteiger partial charge < -0.3 is 0 Å². The van der Waals surface area contributed by atoms with Gasteiger partial charge in [-0.05, 0) is 17.7 Å². The average Bonchev–Trinajstić information content (AvgIpc) is 2.08. The highest BCUT2D eigenvalue weighted by atomic mass is 79.9. The lowest BCUT2D eigenvalue weighted by Gasteiger charge is -2.15. The first-order valence-corrected chi connectivity index (χ1v) is 5.45. The predicted molar refractivity (Wildman–Crippen MR) is 57.7 cm³/mol. The summed E-state index contributed by atoms with van der Waals surface area (Å²) < 4.78 is 27.3. The molecule has 1 aromatic carbocycles. The van der Waals surface area contributed by atoms with Crippen molar-refractivity contribution in [2.45, 2.75) is 32.1 Å². The van der Waals surface area contributed by atoms with Crippen LogP contribution >= 0.6 is 15.9 Å². The Labute approximate surface area is 91.5 Å². The van der Waals surface area contributed by atoms with Crippen molar-refractivity contribution in [1.29, 1.82) is 0 Å². The third-order valence-electron chi connectivity index (χ3n) is 1.99. The Morgan fingerprint density at radius 2 is 1.79 bits per heavy atom. The van der Waals surface area contributed by atoms with Crippen molar-refractivity contribution in [2.75, 3.05) is 0 Å². The molecule has 0 aliphatic carbocycles. The van der Waals surface area contributed by atoms with Gasteiger partial charge in [-0.15, -0.1) is 0 Å². The van der Waals surface area contributed by atoms with Crippen LogP contribution in [0.2, 0.25) is 0 Å². The number of benzene rings is 1. The van der Waals surface area contributed by atoms with Gasteiger partial charge in [0.2, 0.25) is 0 Å². The second-order valence-electron chi connectivity index (χ2n) is 3.41. The summed E-state index contributed by atoms with van der Waals surface area (Å²) in [6.07, 6.45) is 0.320. The summed E-state index contributed by atoms with van der Waals surface area (Å²) in [4.78, 5) is 0. The monoisotopic (exact) mass is 262 g/mol. The van der Waals surface area contributed by atoms with E-state index in [2.05, 4.69) is 15.9 Å². The van der Waals surface area contributed by atoms with Crippen LogP contribution in [-0.2, 0) is 6.42 Å². The third-order valence-corrected chi connectivity index (χ3v) is 2.52. The normalized spacial score (nSPS) is 11.7. The van der Waals surface area contributed by atoms with Crippen LogP contribution in [0.1, 0.15) is 25.3 Å². The molecule has 0 bridgehead atoms. The maximum Gasteiger partial charge on any atom is 0.252 e. The van der Waals surface area contributed by atoms with Crippen molar-refractivity contribution >= 4 is 15.9 Å². The van der Waals surface area contributed by atoms with E-state index in [4.69, 9.17) is 0 Å². The van der Waals surface area contributed by atoms with Crippen LogP contribution in [0.15, 0.2) is 28.7 Å². The first kappa shape index (κ1) is 11.6. The molecule has 0 aromatic heterocycles. The molecular weight excluding hydrogens is 250 g/mol. The molecule has 78 valence electrons. The van der Waals surface area contributed by atoms with E-state index in [9.17, 15) is 8.78 Å². The van der Waals surface area contributed by atoms with Gasteiger partial charge in [0.15, 0.2) is 0 Å². The molecule has 0 saturated heterocycles. The van der Waals surface area contributed by atoms with Gasteiger partial charge in [0.1, 0.15) is 0 Å². The number of hydrogen-bond donors (Lipinski definition) is 0. The van der Waals surface area contributed by atoms with Crippen LogP contribution in [0.25, 0.3) is 0 Å². The lowest BCUT2D eigenvalue weighted by Crippen LogP contribution is -2.18. The van der Waals surface area contributed by atoms with E-state index in [-0.39, 0.29) is 12.8 Å².